The molecule has 0 aliphatic heterocycles. The minimum atomic E-state index is 0.820. The number of nitrogens with zero attached hydrogens (tertiary/aromatic N) is 2. The fourth-order valence-electron chi connectivity index (χ4n) is 2.11. The summed E-state index contributed by atoms with van der Waals surface area (Å²) in [6.07, 6.45) is 3.01. The first kappa shape index (κ1) is 14.3. The van der Waals surface area contributed by atoms with Gasteiger partial charge in [0.1, 0.15) is 17.5 Å². The van der Waals surface area contributed by atoms with Gasteiger partial charge in [-0.1, -0.05) is 38.5 Å². The Morgan fingerprint density at radius 2 is 1.80 bits per heavy atom. The van der Waals surface area contributed by atoms with Gasteiger partial charge >= 0.3 is 0 Å². The summed E-state index contributed by atoms with van der Waals surface area (Å²) >= 11 is 0. The van der Waals surface area contributed by atoms with Crippen LogP contribution in [0, 0.1) is 0 Å². The summed E-state index contributed by atoms with van der Waals surface area (Å²) in [5.41, 5.74) is 2.44. The molecule has 0 unspecified atom stereocenters. The van der Waals surface area contributed by atoms with Crippen LogP contribution in [0.5, 0.6) is 0 Å². The van der Waals surface area contributed by atoms with Crippen molar-refractivity contribution in [2.75, 3.05) is 17.7 Å². The van der Waals surface area contributed by atoms with Crippen LogP contribution >= 0.6 is 0 Å². The first-order valence-corrected chi connectivity index (χ1v) is 7.17. The second-order valence-electron chi connectivity index (χ2n) is 4.69. The molecule has 1 heterocycles. The Balaban J connectivity index is 2.29. The molecule has 20 heavy (non-hydrogen) atoms. The third-order valence-electron chi connectivity index (χ3n) is 3.14. The molecule has 106 valence electrons. The molecule has 2 aromatic rings. The lowest BCUT2D eigenvalue weighted by Gasteiger charge is -2.12. The first-order chi connectivity index (χ1) is 9.76. The lowest BCUT2D eigenvalue weighted by Crippen LogP contribution is -2.04. The number of anilines is 3. The van der Waals surface area contributed by atoms with E-state index < -0.39 is 0 Å². The Morgan fingerprint density at radius 3 is 2.50 bits per heavy atom. The largest absolute Gasteiger partial charge is 0.373 e. The van der Waals surface area contributed by atoms with Crippen molar-refractivity contribution in [1.29, 1.82) is 0 Å². The third kappa shape index (κ3) is 3.47. The maximum atomic E-state index is 4.53. The quantitative estimate of drug-likeness (QED) is 0.838. The molecule has 0 aliphatic rings. The number of aryl methyl sites for hydroxylation is 2. The Bertz CT molecular complexity index is 544. The number of nitrogens with one attached hydrogen (secondary N) is 2. The Kier molecular flexibility index (Phi) is 4.93. The minimum absolute atomic E-state index is 0.820. The van der Waals surface area contributed by atoms with Gasteiger partial charge < -0.3 is 10.6 Å². The highest BCUT2D eigenvalue weighted by molar-refractivity contribution is 5.62. The smallest absolute Gasteiger partial charge is 0.136 e. The maximum Gasteiger partial charge on any atom is 0.136 e. The summed E-state index contributed by atoms with van der Waals surface area (Å²) in [5.74, 6) is 2.52. The zero-order chi connectivity index (χ0) is 14.4. The lowest BCUT2D eigenvalue weighted by molar-refractivity contribution is 0.920. The summed E-state index contributed by atoms with van der Waals surface area (Å²) in [7, 11) is 1.87. The van der Waals surface area contributed by atoms with Crippen LogP contribution in [0.4, 0.5) is 17.3 Å². The fourth-order valence-corrected chi connectivity index (χ4v) is 2.11. The monoisotopic (exact) mass is 270 g/mol. The average molecular weight is 270 g/mol. The van der Waals surface area contributed by atoms with E-state index in [-0.39, 0.29) is 0 Å². The number of hydrogen-bond acceptors (Lipinski definition) is 4. The molecule has 0 radical (unpaired) electrons. The lowest BCUT2D eigenvalue weighted by atomic mass is 10.1. The van der Waals surface area contributed by atoms with Crippen molar-refractivity contribution < 1.29 is 0 Å². The van der Waals surface area contributed by atoms with E-state index in [4.69, 9.17) is 0 Å². The van der Waals surface area contributed by atoms with E-state index in [2.05, 4.69) is 52.6 Å². The second kappa shape index (κ2) is 6.89. The van der Waals surface area contributed by atoms with E-state index in [1.54, 1.807) is 0 Å². The molecule has 0 saturated heterocycles. The SMILES string of the molecule is CCCc1ccccc1Nc1cc(NC)nc(CC)n1. The van der Waals surface area contributed by atoms with Crippen molar-refractivity contribution in [2.24, 2.45) is 0 Å². The molecule has 1 aromatic carbocycles. The molecular formula is C16H22N4. The zero-order valence-electron chi connectivity index (χ0n) is 12.4. The maximum absolute atomic E-state index is 4.53. The van der Waals surface area contributed by atoms with Gasteiger partial charge in [0.05, 0.1) is 0 Å². The Labute approximate surface area is 120 Å². The topological polar surface area (TPSA) is 49.8 Å². The van der Waals surface area contributed by atoms with Gasteiger partial charge in [0.2, 0.25) is 0 Å². The van der Waals surface area contributed by atoms with Crippen LogP contribution in [0.3, 0.4) is 0 Å². The molecule has 2 rings (SSSR count). The molecule has 0 bridgehead atoms. The van der Waals surface area contributed by atoms with Crippen molar-refractivity contribution in [1.82, 2.24) is 9.97 Å². The molecule has 1 aromatic heterocycles. The molecule has 0 amide bonds. The van der Waals surface area contributed by atoms with Crippen molar-refractivity contribution in [2.45, 2.75) is 33.1 Å². The summed E-state index contributed by atoms with van der Waals surface area (Å²) in [6, 6.07) is 10.3. The Hall–Kier alpha value is -2.10. The van der Waals surface area contributed by atoms with E-state index in [1.807, 2.05) is 19.2 Å². The van der Waals surface area contributed by atoms with Gasteiger partial charge in [-0.25, -0.2) is 9.97 Å². The highest BCUT2D eigenvalue weighted by Crippen LogP contribution is 2.22. The minimum Gasteiger partial charge on any atom is -0.373 e. The van der Waals surface area contributed by atoms with Crippen LogP contribution in [0.2, 0.25) is 0 Å². The van der Waals surface area contributed by atoms with Crippen molar-refractivity contribution >= 4 is 17.3 Å². The number of hydrogen-bond donors (Lipinski definition) is 2. The first-order valence-electron chi connectivity index (χ1n) is 7.17. The molecule has 4 heteroatoms. The van der Waals surface area contributed by atoms with Gasteiger partial charge in [-0.15, -0.1) is 0 Å². The molecule has 0 fully saturated rings. The molecule has 0 spiro atoms. The van der Waals surface area contributed by atoms with E-state index in [0.717, 1.165) is 42.4 Å². The van der Waals surface area contributed by atoms with Crippen LogP contribution in [-0.2, 0) is 12.8 Å². The molecular weight excluding hydrogens is 248 g/mol. The average Bonchev–Trinajstić information content (AvgIpc) is 2.49. The molecule has 4 nitrogen and oxygen atoms in total. The summed E-state index contributed by atoms with van der Waals surface area (Å²) < 4.78 is 0. The highest BCUT2D eigenvalue weighted by Gasteiger charge is 2.05. The molecule has 0 saturated carbocycles. The zero-order valence-corrected chi connectivity index (χ0v) is 12.4. The van der Waals surface area contributed by atoms with E-state index >= 15 is 0 Å². The van der Waals surface area contributed by atoms with Crippen LogP contribution in [0.25, 0.3) is 0 Å². The molecule has 2 N–H and O–H groups in total. The predicted octanol–water partition coefficient (Wildman–Crippen LogP) is 3.78. The summed E-state index contributed by atoms with van der Waals surface area (Å²) in [4.78, 5) is 8.94. The number of para-hydroxylation sites is 1. The molecule has 0 atom stereocenters. The van der Waals surface area contributed by atoms with E-state index in [1.165, 1.54) is 5.56 Å². The summed E-state index contributed by atoms with van der Waals surface area (Å²) in [5, 5.41) is 6.49. The van der Waals surface area contributed by atoms with Crippen LogP contribution < -0.4 is 10.6 Å². The van der Waals surface area contributed by atoms with Crippen molar-refractivity contribution in [3.63, 3.8) is 0 Å². The van der Waals surface area contributed by atoms with Gasteiger partial charge in [-0.3, -0.25) is 0 Å². The Morgan fingerprint density at radius 1 is 1.05 bits per heavy atom. The van der Waals surface area contributed by atoms with E-state index in [9.17, 15) is 0 Å². The van der Waals surface area contributed by atoms with Crippen LogP contribution in [0.1, 0.15) is 31.7 Å². The number of benzene rings is 1. The van der Waals surface area contributed by atoms with Crippen molar-refractivity contribution in [3.05, 3.63) is 41.7 Å². The van der Waals surface area contributed by atoms with Gasteiger partial charge in [0.25, 0.3) is 0 Å². The third-order valence-corrected chi connectivity index (χ3v) is 3.14. The number of aromatic nitrogens is 2. The van der Waals surface area contributed by atoms with Gasteiger partial charge in [-0.05, 0) is 18.1 Å². The predicted molar refractivity (Wildman–Crippen MR) is 84.7 cm³/mol. The van der Waals surface area contributed by atoms with E-state index in [0.29, 0.717) is 0 Å². The fraction of sp³-hybridized carbons (Fsp3) is 0.375. The van der Waals surface area contributed by atoms with Gasteiger partial charge in [-0.2, -0.15) is 0 Å². The number of rotatable bonds is 6. The van der Waals surface area contributed by atoms with Crippen LogP contribution in [-0.4, -0.2) is 17.0 Å². The van der Waals surface area contributed by atoms with Crippen molar-refractivity contribution in [3.8, 4) is 0 Å². The second-order valence-corrected chi connectivity index (χ2v) is 4.69. The standard InChI is InChI=1S/C16H22N4/c1-4-8-12-9-6-7-10-13(12)18-16-11-15(17-3)19-14(5-2)20-16/h6-7,9-11H,4-5,8H2,1-3H3,(H2,17,18,19,20). The van der Waals surface area contributed by atoms with Crippen LogP contribution in [0.15, 0.2) is 30.3 Å². The summed E-state index contributed by atoms with van der Waals surface area (Å²) in [6.45, 7) is 4.25. The van der Waals surface area contributed by atoms with Gasteiger partial charge in [0, 0.05) is 25.2 Å². The van der Waals surface area contributed by atoms with Gasteiger partial charge in [0.15, 0.2) is 0 Å². The highest BCUT2D eigenvalue weighted by atomic mass is 15.1. The molecule has 0 aliphatic carbocycles. The normalized spacial score (nSPS) is 10.3.